The number of nitrogens with zero attached hydrogens (tertiary/aromatic N) is 1. The molecule has 116 valence electrons. The number of ether oxygens (including phenoxy) is 2. The lowest BCUT2D eigenvalue weighted by Crippen LogP contribution is -2.20. The molecule has 6 nitrogen and oxygen atoms in total. The number of anilines is 1. The maximum atomic E-state index is 11.9. The summed E-state index contributed by atoms with van der Waals surface area (Å²) in [7, 11) is 1.57. The monoisotopic (exact) mass is 320 g/mol. The van der Waals surface area contributed by atoms with Gasteiger partial charge >= 0.3 is 5.97 Å². The number of thiazole rings is 1. The van der Waals surface area contributed by atoms with Crippen LogP contribution in [0.3, 0.4) is 0 Å². The number of carbonyl (C=O) groups excluding carboxylic acids is 2. The Kier molecular flexibility index (Phi) is 5.11. The van der Waals surface area contributed by atoms with Crippen LogP contribution in [0, 0.1) is 13.8 Å². The van der Waals surface area contributed by atoms with E-state index in [-0.39, 0.29) is 6.61 Å². The van der Waals surface area contributed by atoms with Gasteiger partial charge in [0.15, 0.2) is 6.61 Å². The fourth-order valence-electron chi connectivity index (χ4n) is 1.79. The number of rotatable bonds is 5. The van der Waals surface area contributed by atoms with Crippen molar-refractivity contribution in [2.24, 2.45) is 0 Å². The Bertz CT molecular complexity index is 679. The maximum Gasteiger partial charge on any atom is 0.350 e. The molecule has 0 aliphatic rings. The van der Waals surface area contributed by atoms with E-state index in [1.165, 1.54) is 11.3 Å². The molecule has 0 saturated heterocycles. The second-order valence-corrected chi connectivity index (χ2v) is 5.70. The van der Waals surface area contributed by atoms with E-state index >= 15 is 0 Å². The fourth-order valence-corrected chi connectivity index (χ4v) is 2.60. The zero-order valence-corrected chi connectivity index (χ0v) is 13.3. The molecule has 0 aliphatic carbocycles. The van der Waals surface area contributed by atoms with E-state index in [1.54, 1.807) is 38.3 Å². The van der Waals surface area contributed by atoms with E-state index in [4.69, 9.17) is 9.47 Å². The van der Waals surface area contributed by atoms with Crippen molar-refractivity contribution in [3.8, 4) is 5.75 Å². The summed E-state index contributed by atoms with van der Waals surface area (Å²) in [6.45, 7) is 3.20. The Hall–Kier alpha value is -2.41. The maximum absolute atomic E-state index is 11.9. The lowest BCUT2D eigenvalue weighted by Gasteiger charge is -2.07. The van der Waals surface area contributed by atoms with Crippen LogP contribution in [0.1, 0.15) is 20.4 Å². The highest BCUT2D eigenvalue weighted by Gasteiger charge is 2.16. The summed E-state index contributed by atoms with van der Waals surface area (Å²) in [6.07, 6.45) is 0. The number of aromatic nitrogens is 1. The second-order valence-electron chi connectivity index (χ2n) is 4.50. The van der Waals surface area contributed by atoms with Gasteiger partial charge in [0.2, 0.25) is 0 Å². The summed E-state index contributed by atoms with van der Waals surface area (Å²) in [5, 5.41) is 3.42. The first-order chi connectivity index (χ1) is 10.5. The van der Waals surface area contributed by atoms with Gasteiger partial charge in [0.25, 0.3) is 5.91 Å². The quantitative estimate of drug-likeness (QED) is 0.857. The Morgan fingerprint density at radius 1 is 1.23 bits per heavy atom. The van der Waals surface area contributed by atoms with Gasteiger partial charge in [-0.3, -0.25) is 4.79 Å². The molecule has 7 heteroatoms. The molecule has 0 bridgehead atoms. The molecule has 0 spiro atoms. The summed E-state index contributed by atoms with van der Waals surface area (Å²) in [5.74, 6) is -0.245. The van der Waals surface area contributed by atoms with E-state index in [9.17, 15) is 9.59 Å². The van der Waals surface area contributed by atoms with Gasteiger partial charge in [-0.1, -0.05) is 0 Å². The van der Waals surface area contributed by atoms with Crippen LogP contribution in [-0.4, -0.2) is 30.6 Å². The van der Waals surface area contributed by atoms with Crippen molar-refractivity contribution in [2.75, 3.05) is 19.0 Å². The summed E-state index contributed by atoms with van der Waals surface area (Å²) >= 11 is 1.25. The van der Waals surface area contributed by atoms with Crippen LogP contribution in [0.15, 0.2) is 24.3 Å². The van der Waals surface area contributed by atoms with Crippen LogP contribution in [0.25, 0.3) is 0 Å². The van der Waals surface area contributed by atoms with Crippen molar-refractivity contribution in [3.05, 3.63) is 39.8 Å². The highest BCUT2D eigenvalue weighted by Crippen LogP contribution is 2.18. The first kappa shape index (κ1) is 16.0. The number of methoxy groups -OCH3 is 1. The first-order valence-electron chi connectivity index (χ1n) is 6.54. The number of hydrogen-bond donors (Lipinski definition) is 1. The molecule has 2 rings (SSSR count). The number of nitrogens with one attached hydrogen (secondary N) is 1. The van der Waals surface area contributed by atoms with Crippen LogP contribution in [0.5, 0.6) is 5.75 Å². The molecule has 1 N–H and O–H groups in total. The van der Waals surface area contributed by atoms with Crippen molar-refractivity contribution < 1.29 is 19.1 Å². The summed E-state index contributed by atoms with van der Waals surface area (Å²) in [6, 6.07) is 6.86. The van der Waals surface area contributed by atoms with Gasteiger partial charge in [-0.05, 0) is 38.1 Å². The topological polar surface area (TPSA) is 77.5 Å². The van der Waals surface area contributed by atoms with Gasteiger partial charge in [-0.2, -0.15) is 0 Å². The number of esters is 1. The minimum absolute atomic E-state index is 0.346. The Morgan fingerprint density at radius 3 is 2.45 bits per heavy atom. The Morgan fingerprint density at radius 2 is 1.91 bits per heavy atom. The molecule has 1 aromatic heterocycles. The molecule has 1 heterocycles. The Balaban J connectivity index is 1.87. The lowest BCUT2D eigenvalue weighted by molar-refractivity contribution is -0.119. The van der Waals surface area contributed by atoms with Gasteiger partial charge in [0.05, 0.1) is 17.8 Å². The highest BCUT2D eigenvalue weighted by molar-refractivity contribution is 7.13. The van der Waals surface area contributed by atoms with Gasteiger partial charge in [-0.25, -0.2) is 9.78 Å². The summed E-state index contributed by atoms with van der Waals surface area (Å²) in [5.41, 5.74) is 1.22. The van der Waals surface area contributed by atoms with Crippen LogP contribution in [0.4, 0.5) is 5.69 Å². The summed E-state index contributed by atoms with van der Waals surface area (Å²) in [4.78, 5) is 28.2. The van der Waals surface area contributed by atoms with Gasteiger partial charge < -0.3 is 14.8 Å². The normalized spacial score (nSPS) is 10.1. The van der Waals surface area contributed by atoms with Crippen molar-refractivity contribution in [1.29, 1.82) is 0 Å². The molecular formula is C15H16N2O4S. The third kappa shape index (κ3) is 4.05. The van der Waals surface area contributed by atoms with Crippen LogP contribution in [-0.2, 0) is 9.53 Å². The third-order valence-corrected chi connectivity index (χ3v) is 3.85. The molecule has 2 aromatic rings. The van der Waals surface area contributed by atoms with Crippen molar-refractivity contribution in [2.45, 2.75) is 13.8 Å². The molecule has 22 heavy (non-hydrogen) atoms. The van der Waals surface area contributed by atoms with Gasteiger partial charge in [0.1, 0.15) is 10.6 Å². The van der Waals surface area contributed by atoms with E-state index < -0.39 is 11.9 Å². The van der Waals surface area contributed by atoms with Crippen LogP contribution in [0.2, 0.25) is 0 Å². The minimum atomic E-state index is -0.534. The van der Waals surface area contributed by atoms with Gasteiger partial charge in [-0.15, -0.1) is 11.3 Å². The number of carbonyl (C=O) groups is 2. The molecule has 1 aromatic carbocycles. The smallest absolute Gasteiger partial charge is 0.350 e. The molecule has 1 amide bonds. The van der Waals surface area contributed by atoms with E-state index in [2.05, 4.69) is 10.3 Å². The van der Waals surface area contributed by atoms with Crippen molar-refractivity contribution in [1.82, 2.24) is 4.98 Å². The number of aryl methyl sites for hydroxylation is 2. The minimum Gasteiger partial charge on any atom is -0.497 e. The predicted molar refractivity (Wildman–Crippen MR) is 83.5 cm³/mol. The average molecular weight is 320 g/mol. The zero-order chi connectivity index (χ0) is 16.1. The van der Waals surface area contributed by atoms with Crippen molar-refractivity contribution >= 4 is 28.9 Å². The standard InChI is InChI=1S/C15H16N2O4S/c1-9-14(22-10(2)16-9)15(19)21-8-13(18)17-11-4-6-12(20-3)7-5-11/h4-7H,8H2,1-3H3,(H,17,18). The first-order valence-corrected chi connectivity index (χ1v) is 7.36. The van der Waals surface area contributed by atoms with Crippen molar-refractivity contribution in [3.63, 3.8) is 0 Å². The van der Waals surface area contributed by atoms with Crippen LogP contribution >= 0.6 is 11.3 Å². The number of hydrogen-bond acceptors (Lipinski definition) is 6. The largest absolute Gasteiger partial charge is 0.497 e. The van der Waals surface area contributed by atoms with Gasteiger partial charge in [0, 0.05) is 5.69 Å². The molecule has 0 radical (unpaired) electrons. The fraction of sp³-hybridized carbons (Fsp3) is 0.267. The van der Waals surface area contributed by atoms with E-state index in [1.807, 2.05) is 6.92 Å². The SMILES string of the molecule is COc1ccc(NC(=O)COC(=O)c2sc(C)nc2C)cc1. The zero-order valence-electron chi connectivity index (χ0n) is 12.5. The van der Waals surface area contributed by atoms with Crippen LogP contribution < -0.4 is 10.1 Å². The molecule has 0 fully saturated rings. The average Bonchev–Trinajstić information content (AvgIpc) is 2.84. The molecular weight excluding hydrogens is 304 g/mol. The Labute approximate surface area is 132 Å². The highest BCUT2D eigenvalue weighted by atomic mass is 32.1. The third-order valence-electron chi connectivity index (χ3n) is 2.80. The predicted octanol–water partition coefficient (Wildman–Crippen LogP) is 2.56. The molecule has 0 unspecified atom stereocenters. The second kappa shape index (κ2) is 7.04. The van der Waals surface area contributed by atoms with E-state index in [0.717, 1.165) is 5.01 Å². The number of amides is 1. The molecule has 0 aliphatic heterocycles. The van der Waals surface area contributed by atoms with E-state index in [0.29, 0.717) is 22.0 Å². The summed E-state index contributed by atoms with van der Waals surface area (Å²) < 4.78 is 10.0. The number of benzene rings is 1. The molecule has 0 saturated carbocycles. The molecule has 0 atom stereocenters. The lowest BCUT2D eigenvalue weighted by atomic mass is 10.3.